The van der Waals surface area contributed by atoms with E-state index in [2.05, 4.69) is 9.97 Å². The molecule has 0 unspecified atom stereocenters. The van der Waals surface area contributed by atoms with Crippen LogP contribution in [0.5, 0.6) is 5.75 Å². The second-order valence-electron chi connectivity index (χ2n) is 3.68. The maximum Gasteiger partial charge on any atom is 0.253 e. The van der Waals surface area contributed by atoms with Crippen LogP contribution in [-0.2, 0) is 0 Å². The van der Waals surface area contributed by atoms with Gasteiger partial charge in [-0.15, -0.1) is 0 Å². The number of nitrogens with two attached hydrogens (primary N) is 2. The number of H-pyrrole nitrogens is 1. The Morgan fingerprint density at radius 3 is 2.89 bits per heavy atom. The molecule has 1 aromatic heterocycles. The highest BCUT2D eigenvalue weighted by Crippen LogP contribution is 2.35. The first kappa shape index (κ1) is 13.3. The molecule has 0 radical (unpaired) electrons. The third kappa shape index (κ3) is 3.19. The molecule has 6 nitrogen and oxygen atoms in total. The second kappa shape index (κ2) is 5.66. The predicted molar refractivity (Wildman–Crippen MR) is 75.4 cm³/mol. The molecule has 100 valence electrons. The van der Waals surface area contributed by atoms with Crippen LogP contribution >= 0.6 is 11.8 Å². The minimum absolute atomic E-state index is 0.172. The third-order valence-electron chi connectivity index (χ3n) is 2.27. The van der Waals surface area contributed by atoms with Crippen LogP contribution in [0.15, 0.2) is 39.1 Å². The summed E-state index contributed by atoms with van der Waals surface area (Å²) in [6.45, 7) is 2.42. The highest BCUT2D eigenvalue weighted by atomic mass is 32.2. The molecule has 0 aliphatic heterocycles. The van der Waals surface area contributed by atoms with Gasteiger partial charge in [-0.05, 0) is 30.8 Å². The predicted octanol–water partition coefficient (Wildman–Crippen LogP) is 1.48. The van der Waals surface area contributed by atoms with E-state index in [4.69, 9.17) is 16.2 Å². The number of nitrogen functional groups attached to an aromatic ring is 2. The number of hydrogen-bond acceptors (Lipinski definition) is 6. The van der Waals surface area contributed by atoms with Gasteiger partial charge in [-0.2, -0.15) is 0 Å². The molecule has 5 N–H and O–H groups in total. The van der Waals surface area contributed by atoms with E-state index in [0.717, 1.165) is 4.90 Å². The van der Waals surface area contributed by atoms with Crippen molar-refractivity contribution in [2.75, 3.05) is 18.1 Å². The maximum absolute atomic E-state index is 11.3. The lowest BCUT2D eigenvalue weighted by Crippen LogP contribution is -2.09. The van der Waals surface area contributed by atoms with E-state index in [0.29, 0.717) is 23.2 Å². The monoisotopic (exact) mass is 278 g/mol. The molecule has 2 aromatic rings. The fourth-order valence-electron chi connectivity index (χ4n) is 1.50. The van der Waals surface area contributed by atoms with Crippen molar-refractivity contribution in [3.05, 3.63) is 34.6 Å². The summed E-state index contributed by atoms with van der Waals surface area (Å²) in [5.41, 5.74) is 11.7. The summed E-state index contributed by atoms with van der Waals surface area (Å²) in [5.74, 6) is 0.782. The van der Waals surface area contributed by atoms with Gasteiger partial charge in [0.25, 0.3) is 5.56 Å². The van der Waals surface area contributed by atoms with Crippen LogP contribution in [0.2, 0.25) is 0 Å². The molecule has 1 aromatic carbocycles. The SMILES string of the molecule is CCOc1cccc(Sc2nc(N)cc(=O)[nH]2)c1N. The summed E-state index contributed by atoms with van der Waals surface area (Å²) in [4.78, 5) is 18.7. The Labute approximate surface area is 114 Å². The van der Waals surface area contributed by atoms with Crippen LogP contribution in [0.1, 0.15) is 6.92 Å². The van der Waals surface area contributed by atoms with Crippen LogP contribution in [0.3, 0.4) is 0 Å². The Hall–Kier alpha value is -2.15. The molecule has 2 rings (SSSR count). The normalized spacial score (nSPS) is 10.4. The Morgan fingerprint density at radius 2 is 2.21 bits per heavy atom. The zero-order valence-electron chi connectivity index (χ0n) is 10.3. The van der Waals surface area contributed by atoms with Gasteiger partial charge in [-0.3, -0.25) is 4.79 Å². The van der Waals surface area contributed by atoms with E-state index in [1.165, 1.54) is 17.8 Å². The van der Waals surface area contributed by atoms with Crippen LogP contribution in [0.4, 0.5) is 11.5 Å². The van der Waals surface area contributed by atoms with E-state index in [1.54, 1.807) is 6.07 Å². The molecule has 1 heterocycles. The number of aromatic nitrogens is 2. The summed E-state index contributed by atoms with van der Waals surface area (Å²) in [6, 6.07) is 6.67. The van der Waals surface area contributed by atoms with Gasteiger partial charge in [-0.25, -0.2) is 4.98 Å². The summed E-state index contributed by atoms with van der Waals surface area (Å²) in [7, 11) is 0. The highest BCUT2D eigenvalue weighted by Gasteiger charge is 2.09. The van der Waals surface area contributed by atoms with Gasteiger partial charge in [-0.1, -0.05) is 6.07 Å². The van der Waals surface area contributed by atoms with Crippen molar-refractivity contribution in [3.8, 4) is 5.75 Å². The van der Waals surface area contributed by atoms with Crippen molar-refractivity contribution < 1.29 is 4.74 Å². The van der Waals surface area contributed by atoms with Gasteiger partial charge in [0.15, 0.2) is 5.16 Å². The first-order chi connectivity index (χ1) is 9.10. The van der Waals surface area contributed by atoms with Crippen LogP contribution in [-0.4, -0.2) is 16.6 Å². The standard InChI is InChI=1S/C12H14N4O2S/c1-2-18-7-4-3-5-8(11(7)14)19-12-15-9(13)6-10(17)16-12/h3-6H,2,14H2,1H3,(H3,13,15,16,17). The number of hydrogen-bond donors (Lipinski definition) is 3. The van der Waals surface area contributed by atoms with Gasteiger partial charge in [0, 0.05) is 11.0 Å². The molecule has 0 saturated carbocycles. The number of nitrogens with one attached hydrogen (secondary N) is 1. The number of anilines is 2. The van der Waals surface area contributed by atoms with Gasteiger partial charge >= 0.3 is 0 Å². The number of para-hydroxylation sites is 1. The molecule has 0 bridgehead atoms. The Kier molecular flexibility index (Phi) is 3.96. The smallest absolute Gasteiger partial charge is 0.253 e. The van der Waals surface area contributed by atoms with Crippen molar-refractivity contribution in [1.82, 2.24) is 9.97 Å². The minimum atomic E-state index is -0.297. The molecule has 0 atom stereocenters. The molecular weight excluding hydrogens is 264 g/mol. The lowest BCUT2D eigenvalue weighted by Gasteiger charge is -2.10. The first-order valence-corrected chi connectivity index (χ1v) is 6.47. The summed E-state index contributed by atoms with van der Waals surface area (Å²) in [5, 5.41) is 0.394. The Morgan fingerprint density at radius 1 is 1.42 bits per heavy atom. The van der Waals surface area contributed by atoms with Gasteiger partial charge in [0.1, 0.15) is 11.6 Å². The largest absolute Gasteiger partial charge is 0.492 e. The number of aromatic amines is 1. The van der Waals surface area contributed by atoms with Crippen molar-refractivity contribution >= 4 is 23.3 Å². The van der Waals surface area contributed by atoms with Gasteiger partial charge in [0.2, 0.25) is 0 Å². The molecule has 0 amide bonds. The summed E-state index contributed by atoms with van der Waals surface area (Å²) >= 11 is 1.23. The average molecular weight is 278 g/mol. The maximum atomic E-state index is 11.3. The fourth-order valence-corrected chi connectivity index (χ4v) is 2.37. The molecule has 0 saturated heterocycles. The van der Waals surface area contributed by atoms with Gasteiger partial charge < -0.3 is 21.2 Å². The van der Waals surface area contributed by atoms with E-state index >= 15 is 0 Å². The third-order valence-corrected chi connectivity index (χ3v) is 3.23. The van der Waals surface area contributed by atoms with Crippen LogP contribution < -0.4 is 21.8 Å². The molecule has 0 spiro atoms. The number of ether oxygens (including phenoxy) is 1. The van der Waals surface area contributed by atoms with E-state index in [-0.39, 0.29) is 11.4 Å². The zero-order valence-corrected chi connectivity index (χ0v) is 11.2. The Bertz CT molecular complexity index is 642. The van der Waals surface area contributed by atoms with Crippen LogP contribution in [0.25, 0.3) is 0 Å². The first-order valence-electron chi connectivity index (χ1n) is 5.66. The lowest BCUT2D eigenvalue weighted by atomic mass is 10.3. The molecule has 19 heavy (non-hydrogen) atoms. The molecule has 0 aliphatic carbocycles. The van der Waals surface area contributed by atoms with Crippen molar-refractivity contribution in [2.45, 2.75) is 17.0 Å². The van der Waals surface area contributed by atoms with E-state index in [1.807, 2.05) is 19.1 Å². The number of benzene rings is 1. The molecule has 7 heteroatoms. The number of nitrogens with zero attached hydrogens (tertiary/aromatic N) is 1. The lowest BCUT2D eigenvalue weighted by molar-refractivity contribution is 0.341. The van der Waals surface area contributed by atoms with Crippen molar-refractivity contribution in [2.24, 2.45) is 0 Å². The molecular formula is C12H14N4O2S. The summed E-state index contributed by atoms with van der Waals surface area (Å²) < 4.78 is 5.41. The van der Waals surface area contributed by atoms with Crippen LogP contribution in [0, 0.1) is 0 Å². The zero-order chi connectivity index (χ0) is 13.8. The minimum Gasteiger partial charge on any atom is -0.492 e. The average Bonchev–Trinajstić information content (AvgIpc) is 2.33. The van der Waals surface area contributed by atoms with Gasteiger partial charge in [0.05, 0.1) is 12.3 Å². The fraction of sp³-hybridized carbons (Fsp3) is 0.167. The van der Waals surface area contributed by atoms with Crippen molar-refractivity contribution in [1.29, 1.82) is 0 Å². The molecule has 0 aliphatic rings. The highest BCUT2D eigenvalue weighted by molar-refractivity contribution is 7.99. The van der Waals surface area contributed by atoms with E-state index < -0.39 is 0 Å². The Balaban J connectivity index is 2.32. The molecule has 0 fully saturated rings. The second-order valence-corrected chi connectivity index (χ2v) is 4.71. The summed E-state index contributed by atoms with van der Waals surface area (Å²) in [6.07, 6.45) is 0. The van der Waals surface area contributed by atoms with E-state index in [9.17, 15) is 4.79 Å². The quantitative estimate of drug-likeness (QED) is 0.577. The topological polar surface area (TPSA) is 107 Å². The van der Waals surface area contributed by atoms with Crippen molar-refractivity contribution in [3.63, 3.8) is 0 Å². The number of rotatable bonds is 4.